The second kappa shape index (κ2) is 18.1. The van der Waals surface area contributed by atoms with Crippen LogP contribution in [0.25, 0.3) is 112 Å². The Bertz CT molecular complexity index is 3360. The van der Waals surface area contributed by atoms with E-state index in [1.165, 1.54) is 11.1 Å². The van der Waals surface area contributed by atoms with Crippen molar-refractivity contribution in [3.63, 3.8) is 0 Å². The molecule has 0 aliphatic carbocycles. The van der Waals surface area contributed by atoms with E-state index in [1.807, 2.05) is 18.2 Å². The van der Waals surface area contributed by atoms with Crippen molar-refractivity contribution in [2.75, 3.05) is 0 Å². The first-order chi connectivity index (χ1) is 32.7. The zero-order chi connectivity index (χ0) is 44.1. The van der Waals surface area contributed by atoms with Gasteiger partial charge in [0, 0.05) is 16.7 Å². The van der Waals surface area contributed by atoms with Crippen molar-refractivity contribution >= 4 is 0 Å². The second-order valence-corrected chi connectivity index (χ2v) is 16.3. The van der Waals surface area contributed by atoms with E-state index in [9.17, 15) is 0 Å². The standard InChI is InChI=1S/C63H43N3/c1-8-23-44(24-9-1)53-40-54(45-25-10-2-11-26-45)42-55(41-53)63-65-61(50-35-20-7-21-36-50)64-62(66-63)52-38-22-37-51(39-52)57-43-56(46-27-12-3-13-28-46)58(47-29-14-4-15-30-47)60(49-33-18-6-19-34-49)59(57)48-31-16-5-17-32-48/h1-43H. The van der Waals surface area contributed by atoms with Crippen LogP contribution in [0.3, 0.4) is 0 Å². The van der Waals surface area contributed by atoms with Crippen LogP contribution in [0.15, 0.2) is 261 Å². The molecule has 0 aliphatic heterocycles. The van der Waals surface area contributed by atoms with Gasteiger partial charge in [0.15, 0.2) is 17.5 Å². The maximum Gasteiger partial charge on any atom is 0.164 e. The zero-order valence-corrected chi connectivity index (χ0v) is 36.2. The maximum absolute atomic E-state index is 5.35. The highest BCUT2D eigenvalue weighted by Crippen LogP contribution is 2.50. The minimum Gasteiger partial charge on any atom is -0.208 e. The summed E-state index contributed by atoms with van der Waals surface area (Å²) in [6.45, 7) is 0. The maximum atomic E-state index is 5.35. The Morgan fingerprint density at radius 1 is 0.167 bits per heavy atom. The highest BCUT2D eigenvalue weighted by Gasteiger charge is 2.24. The molecule has 0 spiro atoms. The van der Waals surface area contributed by atoms with E-state index < -0.39 is 0 Å². The molecule has 1 aromatic heterocycles. The first-order valence-corrected chi connectivity index (χ1v) is 22.3. The molecule has 0 fully saturated rings. The third-order valence-electron chi connectivity index (χ3n) is 12.1. The van der Waals surface area contributed by atoms with Gasteiger partial charge in [-0.05, 0) is 108 Å². The number of hydrogen-bond acceptors (Lipinski definition) is 3. The molecule has 0 saturated carbocycles. The summed E-state index contributed by atoms with van der Waals surface area (Å²) < 4.78 is 0. The van der Waals surface area contributed by atoms with Crippen LogP contribution in [0.5, 0.6) is 0 Å². The van der Waals surface area contributed by atoms with Crippen molar-refractivity contribution in [2.24, 2.45) is 0 Å². The molecule has 0 unspecified atom stereocenters. The highest BCUT2D eigenvalue weighted by molar-refractivity contribution is 6.07. The molecule has 0 saturated heterocycles. The molecule has 11 aromatic rings. The second-order valence-electron chi connectivity index (χ2n) is 16.3. The summed E-state index contributed by atoms with van der Waals surface area (Å²) in [5.41, 5.74) is 18.6. The van der Waals surface area contributed by atoms with E-state index in [4.69, 9.17) is 15.0 Å². The molecule has 0 radical (unpaired) electrons. The van der Waals surface area contributed by atoms with Crippen LogP contribution in [0.1, 0.15) is 0 Å². The Kier molecular flexibility index (Phi) is 11.0. The molecular weight excluding hydrogens is 799 g/mol. The molecule has 10 aromatic carbocycles. The van der Waals surface area contributed by atoms with E-state index in [2.05, 4.69) is 243 Å². The molecule has 11 rings (SSSR count). The molecular formula is C63H43N3. The van der Waals surface area contributed by atoms with Crippen LogP contribution in [0.4, 0.5) is 0 Å². The largest absolute Gasteiger partial charge is 0.208 e. The first kappa shape index (κ1) is 40.0. The van der Waals surface area contributed by atoms with Crippen molar-refractivity contribution in [1.29, 1.82) is 0 Å². The molecule has 0 bridgehead atoms. The monoisotopic (exact) mass is 841 g/mol. The van der Waals surface area contributed by atoms with Gasteiger partial charge in [0.1, 0.15) is 0 Å². The Hall–Kier alpha value is -8.79. The summed E-state index contributed by atoms with van der Waals surface area (Å²) in [5.74, 6) is 1.82. The Morgan fingerprint density at radius 2 is 0.455 bits per heavy atom. The smallest absolute Gasteiger partial charge is 0.164 e. The molecule has 0 N–H and O–H groups in total. The highest BCUT2D eigenvalue weighted by atomic mass is 15.0. The van der Waals surface area contributed by atoms with E-state index in [0.717, 1.165) is 83.5 Å². The SMILES string of the molecule is c1ccc(-c2cc(-c3ccccc3)cc(-c3nc(-c4ccccc4)nc(-c4cccc(-c5cc(-c6ccccc6)c(-c6ccccc6)c(-c6ccccc6)c5-c5ccccc5)c4)n3)c2)cc1. The number of benzene rings is 10. The number of rotatable bonds is 10. The third-order valence-corrected chi connectivity index (χ3v) is 12.1. The molecule has 0 amide bonds. The van der Waals surface area contributed by atoms with Crippen molar-refractivity contribution in [1.82, 2.24) is 15.0 Å². The van der Waals surface area contributed by atoms with E-state index in [1.54, 1.807) is 0 Å². The van der Waals surface area contributed by atoms with Gasteiger partial charge in [-0.3, -0.25) is 0 Å². The summed E-state index contributed by atoms with van der Waals surface area (Å²) in [6.07, 6.45) is 0. The van der Waals surface area contributed by atoms with Crippen LogP contribution < -0.4 is 0 Å². The normalized spacial score (nSPS) is 11.0. The fraction of sp³-hybridized carbons (Fsp3) is 0. The lowest BCUT2D eigenvalue weighted by atomic mass is 9.79. The van der Waals surface area contributed by atoms with E-state index in [-0.39, 0.29) is 0 Å². The molecule has 3 heteroatoms. The zero-order valence-electron chi connectivity index (χ0n) is 36.2. The van der Waals surface area contributed by atoms with Gasteiger partial charge < -0.3 is 0 Å². The van der Waals surface area contributed by atoms with Crippen molar-refractivity contribution in [2.45, 2.75) is 0 Å². The minimum atomic E-state index is 0.598. The summed E-state index contributed by atoms with van der Waals surface area (Å²) >= 11 is 0. The predicted molar refractivity (Wildman–Crippen MR) is 274 cm³/mol. The van der Waals surface area contributed by atoms with Gasteiger partial charge in [0.25, 0.3) is 0 Å². The van der Waals surface area contributed by atoms with Crippen molar-refractivity contribution in [3.8, 4) is 112 Å². The van der Waals surface area contributed by atoms with Gasteiger partial charge in [0.05, 0.1) is 0 Å². The topological polar surface area (TPSA) is 38.7 Å². The van der Waals surface area contributed by atoms with Crippen LogP contribution in [-0.4, -0.2) is 15.0 Å². The lowest BCUT2D eigenvalue weighted by Crippen LogP contribution is -2.01. The van der Waals surface area contributed by atoms with Crippen LogP contribution in [0, 0.1) is 0 Å². The molecule has 66 heavy (non-hydrogen) atoms. The fourth-order valence-corrected chi connectivity index (χ4v) is 8.99. The summed E-state index contributed by atoms with van der Waals surface area (Å²) in [4.78, 5) is 15.8. The lowest BCUT2D eigenvalue weighted by Gasteiger charge is -2.24. The average Bonchev–Trinajstić information content (AvgIpc) is 3.41. The van der Waals surface area contributed by atoms with E-state index >= 15 is 0 Å². The Morgan fingerprint density at radius 3 is 0.909 bits per heavy atom. The number of hydrogen-bond donors (Lipinski definition) is 0. The Labute approximate surface area is 386 Å². The van der Waals surface area contributed by atoms with E-state index in [0.29, 0.717) is 17.5 Å². The van der Waals surface area contributed by atoms with Crippen LogP contribution in [-0.2, 0) is 0 Å². The third kappa shape index (κ3) is 8.14. The average molecular weight is 842 g/mol. The Balaban J connectivity index is 1.16. The van der Waals surface area contributed by atoms with Gasteiger partial charge in [-0.25, -0.2) is 15.0 Å². The van der Waals surface area contributed by atoms with Crippen LogP contribution >= 0.6 is 0 Å². The molecule has 1 heterocycles. The molecule has 3 nitrogen and oxygen atoms in total. The van der Waals surface area contributed by atoms with Gasteiger partial charge in [0.2, 0.25) is 0 Å². The summed E-state index contributed by atoms with van der Waals surface area (Å²) in [6, 6.07) is 92.1. The molecule has 0 atom stereocenters. The van der Waals surface area contributed by atoms with Crippen molar-refractivity contribution < 1.29 is 0 Å². The minimum absolute atomic E-state index is 0.598. The molecule has 0 aliphatic rings. The summed E-state index contributed by atoms with van der Waals surface area (Å²) in [7, 11) is 0. The number of aromatic nitrogens is 3. The quantitative estimate of drug-likeness (QED) is 0.138. The fourth-order valence-electron chi connectivity index (χ4n) is 8.99. The number of nitrogens with zero attached hydrogens (tertiary/aromatic N) is 3. The van der Waals surface area contributed by atoms with Gasteiger partial charge in [-0.2, -0.15) is 0 Å². The molecule has 310 valence electrons. The first-order valence-electron chi connectivity index (χ1n) is 22.3. The van der Waals surface area contributed by atoms with Gasteiger partial charge in [-0.15, -0.1) is 0 Å². The van der Waals surface area contributed by atoms with Crippen LogP contribution in [0.2, 0.25) is 0 Å². The predicted octanol–water partition coefficient (Wildman–Crippen LogP) is 16.5. The summed E-state index contributed by atoms with van der Waals surface area (Å²) in [5, 5.41) is 0. The van der Waals surface area contributed by atoms with Gasteiger partial charge >= 0.3 is 0 Å². The van der Waals surface area contributed by atoms with Gasteiger partial charge in [-0.1, -0.05) is 231 Å². The lowest BCUT2D eigenvalue weighted by molar-refractivity contribution is 1.07. The van der Waals surface area contributed by atoms with Crippen molar-refractivity contribution in [3.05, 3.63) is 261 Å².